The highest BCUT2D eigenvalue weighted by atomic mass is 32.2. The van der Waals surface area contributed by atoms with Gasteiger partial charge >= 0.3 is 0 Å². The van der Waals surface area contributed by atoms with Crippen LogP contribution in [0.5, 0.6) is 0 Å². The minimum Gasteiger partial charge on any atom is -0.326 e. The van der Waals surface area contributed by atoms with Gasteiger partial charge in [0.15, 0.2) is 0 Å². The van der Waals surface area contributed by atoms with Crippen molar-refractivity contribution in [3.63, 3.8) is 0 Å². The van der Waals surface area contributed by atoms with E-state index in [0.717, 1.165) is 0 Å². The molecule has 2 rings (SSSR count). The molecule has 1 aromatic heterocycles. The van der Waals surface area contributed by atoms with Crippen LogP contribution in [-0.4, -0.2) is 23.2 Å². The maximum absolute atomic E-state index is 12.2. The van der Waals surface area contributed by atoms with Crippen molar-refractivity contribution in [3.8, 4) is 0 Å². The van der Waals surface area contributed by atoms with Crippen LogP contribution in [-0.2, 0) is 23.6 Å². The van der Waals surface area contributed by atoms with E-state index in [2.05, 4.69) is 14.8 Å². The first-order valence-electron chi connectivity index (χ1n) is 5.19. The first-order valence-corrected chi connectivity index (χ1v) is 6.67. The van der Waals surface area contributed by atoms with E-state index in [1.165, 1.54) is 17.1 Å². The number of sulfonamides is 1. The van der Waals surface area contributed by atoms with Gasteiger partial charge in [-0.25, -0.2) is 17.8 Å². The van der Waals surface area contributed by atoms with Crippen LogP contribution in [0.15, 0.2) is 35.5 Å². The number of aryl methyl sites for hydroxylation is 1. The molecule has 0 saturated heterocycles. The van der Waals surface area contributed by atoms with Crippen LogP contribution < -0.4 is 10.5 Å². The van der Waals surface area contributed by atoms with Crippen LogP contribution in [0.25, 0.3) is 0 Å². The van der Waals surface area contributed by atoms with Crippen molar-refractivity contribution in [3.05, 3.63) is 36.2 Å². The molecule has 96 valence electrons. The van der Waals surface area contributed by atoms with Gasteiger partial charge in [-0.2, -0.15) is 10.1 Å². The highest BCUT2D eigenvalue weighted by Crippen LogP contribution is 2.17. The predicted molar refractivity (Wildman–Crippen MR) is 66.1 cm³/mol. The van der Waals surface area contributed by atoms with Crippen LogP contribution in [0, 0.1) is 0 Å². The molecule has 0 amide bonds. The maximum Gasteiger partial charge on any atom is 0.264 e. The summed E-state index contributed by atoms with van der Waals surface area (Å²) in [6, 6.07) is 6.56. The van der Waals surface area contributed by atoms with Crippen molar-refractivity contribution in [2.24, 2.45) is 12.8 Å². The first-order chi connectivity index (χ1) is 8.54. The summed E-state index contributed by atoms with van der Waals surface area (Å²) in [4.78, 5) is 3.96. The van der Waals surface area contributed by atoms with Crippen LogP contribution in [0.4, 0.5) is 5.95 Å². The van der Waals surface area contributed by atoms with E-state index < -0.39 is 10.0 Å². The number of rotatable bonds is 4. The van der Waals surface area contributed by atoms with Gasteiger partial charge in [-0.3, -0.25) is 0 Å². The minimum absolute atomic E-state index is 0.149. The Balaban J connectivity index is 2.40. The zero-order chi connectivity index (χ0) is 13.2. The van der Waals surface area contributed by atoms with Gasteiger partial charge in [0.25, 0.3) is 10.0 Å². The number of anilines is 1. The van der Waals surface area contributed by atoms with Gasteiger partial charge in [-0.1, -0.05) is 18.2 Å². The number of nitrogens with one attached hydrogen (secondary N) is 1. The van der Waals surface area contributed by atoms with Gasteiger partial charge in [0, 0.05) is 13.6 Å². The SMILES string of the molecule is Cn1ncnc1NS(=O)(=O)c1ccccc1CN. The molecule has 0 aliphatic heterocycles. The van der Waals surface area contributed by atoms with Crippen LogP contribution >= 0.6 is 0 Å². The van der Waals surface area contributed by atoms with Gasteiger partial charge in [0.05, 0.1) is 4.90 Å². The summed E-state index contributed by atoms with van der Waals surface area (Å²) < 4.78 is 28.1. The summed E-state index contributed by atoms with van der Waals surface area (Å²) in [6.07, 6.45) is 1.27. The zero-order valence-electron chi connectivity index (χ0n) is 9.74. The molecule has 7 nitrogen and oxygen atoms in total. The molecule has 0 aliphatic rings. The Morgan fingerprint density at radius 1 is 1.39 bits per heavy atom. The Kier molecular flexibility index (Phi) is 3.30. The normalized spacial score (nSPS) is 11.4. The number of aromatic nitrogens is 3. The van der Waals surface area contributed by atoms with E-state index in [9.17, 15) is 8.42 Å². The molecule has 0 fully saturated rings. The zero-order valence-corrected chi connectivity index (χ0v) is 10.6. The Labute approximate surface area is 105 Å². The second-order valence-corrected chi connectivity index (χ2v) is 5.28. The monoisotopic (exact) mass is 267 g/mol. The summed E-state index contributed by atoms with van der Waals surface area (Å²) in [6.45, 7) is 0.149. The second kappa shape index (κ2) is 4.75. The number of nitrogens with two attached hydrogens (primary N) is 1. The van der Waals surface area contributed by atoms with Crippen LogP contribution in [0.1, 0.15) is 5.56 Å². The maximum atomic E-state index is 12.2. The molecule has 0 atom stereocenters. The average molecular weight is 267 g/mol. The Morgan fingerprint density at radius 3 is 2.72 bits per heavy atom. The molecule has 18 heavy (non-hydrogen) atoms. The molecule has 8 heteroatoms. The fraction of sp³-hybridized carbons (Fsp3) is 0.200. The van der Waals surface area contributed by atoms with E-state index in [1.807, 2.05) is 0 Å². The average Bonchev–Trinajstić information content (AvgIpc) is 2.74. The lowest BCUT2D eigenvalue weighted by molar-refractivity contribution is 0.599. The minimum atomic E-state index is -3.70. The van der Waals surface area contributed by atoms with Crippen molar-refractivity contribution in [2.75, 3.05) is 4.72 Å². The van der Waals surface area contributed by atoms with Gasteiger partial charge in [-0.05, 0) is 11.6 Å². The van der Waals surface area contributed by atoms with E-state index in [0.29, 0.717) is 5.56 Å². The van der Waals surface area contributed by atoms with Crippen molar-refractivity contribution in [1.82, 2.24) is 14.8 Å². The third-order valence-electron chi connectivity index (χ3n) is 2.42. The third-order valence-corrected chi connectivity index (χ3v) is 3.85. The highest BCUT2D eigenvalue weighted by molar-refractivity contribution is 7.92. The predicted octanol–water partition coefficient (Wildman–Crippen LogP) is 0.0746. The molecule has 0 radical (unpaired) electrons. The van der Waals surface area contributed by atoms with E-state index in [1.54, 1.807) is 25.2 Å². The summed E-state index contributed by atoms with van der Waals surface area (Å²) >= 11 is 0. The molecular formula is C10H13N5O2S. The third kappa shape index (κ3) is 2.34. The summed E-state index contributed by atoms with van der Waals surface area (Å²) in [5.41, 5.74) is 6.07. The second-order valence-electron chi connectivity index (χ2n) is 3.62. The lowest BCUT2D eigenvalue weighted by Crippen LogP contribution is -2.18. The Bertz CT molecular complexity index is 650. The summed E-state index contributed by atoms with van der Waals surface area (Å²) in [5, 5.41) is 3.79. The van der Waals surface area contributed by atoms with Gasteiger partial charge < -0.3 is 5.73 Å². The standard InChI is InChI=1S/C10H13N5O2S/c1-15-10(12-7-13-15)14-18(16,17)9-5-3-2-4-8(9)6-11/h2-5,7H,6,11H2,1H3,(H,12,13,14). The largest absolute Gasteiger partial charge is 0.326 e. The number of benzene rings is 1. The highest BCUT2D eigenvalue weighted by Gasteiger charge is 2.19. The van der Waals surface area contributed by atoms with Crippen molar-refractivity contribution < 1.29 is 8.42 Å². The van der Waals surface area contributed by atoms with Crippen molar-refractivity contribution in [1.29, 1.82) is 0 Å². The van der Waals surface area contributed by atoms with Crippen LogP contribution in [0.2, 0.25) is 0 Å². The fourth-order valence-electron chi connectivity index (χ4n) is 1.50. The fourth-order valence-corrected chi connectivity index (χ4v) is 2.79. The lowest BCUT2D eigenvalue weighted by atomic mass is 10.2. The van der Waals surface area contributed by atoms with E-state index in [-0.39, 0.29) is 17.4 Å². The first kappa shape index (κ1) is 12.5. The molecule has 2 aromatic rings. The quantitative estimate of drug-likeness (QED) is 0.816. The smallest absolute Gasteiger partial charge is 0.264 e. The molecule has 1 aromatic carbocycles. The van der Waals surface area contributed by atoms with Crippen LogP contribution in [0.3, 0.4) is 0 Å². The van der Waals surface area contributed by atoms with Gasteiger partial charge in [0.1, 0.15) is 6.33 Å². The van der Waals surface area contributed by atoms with E-state index in [4.69, 9.17) is 5.73 Å². The molecular weight excluding hydrogens is 254 g/mol. The van der Waals surface area contributed by atoms with Gasteiger partial charge in [-0.15, -0.1) is 0 Å². The van der Waals surface area contributed by atoms with Crippen molar-refractivity contribution in [2.45, 2.75) is 11.4 Å². The molecule has 0 bridgehead atoms. The molecule has 0 aliphatic carbocycles. The topological polar surface area (TPSA) is 103 Å². The molecule has 1 heterocycles. The summed E-state index contributed by atoms with van der Waals surface area (Å²) in [7, 11) is -2.10. The summed E-state index contributed by atoms with van der Waals surface area (Å²) in [5.74, 6) is 0.154. The number of hydrogen-bond donors (Lipinski definition) is 2. The lowest BCUT2D eigenvalue weighted by Gasteiger charge is -2.10. The molecule has 0 unspecified atom stereocenters. The molecule has 3 N–H and O–H groups in total. The molecule has 0 saturated carbocycles. The Hall–Kier alpha value is -1.93. The van der Waals surface area contributed by atoms with Gasteiger partial charge in [0.2, 0.25) is 5.95 Å². The molecule has 0 spiro atoms. The number of hydrogen-bond acceptors (Lipinski definition) is 5. The van der Waals surface area contributed by atoms with Crippen molar-refractivity contribution >= 4 is 16.0 Å². The number of nitrogens with zero attached hydrogens (tertiary/aromatic N) is 3. The van der Waals surface area contributed by atoms with E-state index >= 15 is 0 Å². The Morgan fingerprint density at radius 2 is 2.11 bits per heavy atom.